The molecular formula is C14H15N3O4S. The molecule has 116 valence electrons. The molecule has 2 aromatic rings. The van der Waals surface area contributed by atoms with Crippen molar-refractivity contribution >= 4 is 17.7 Å². The van der Waals surface area contributed by atoms with E-state index < -0.39 is 5.97 Å². The molecule has 0 spiro atoms. The van der Waals surface area contributed by atoms with Gasteiger partial charge in [0.15, 0.2) is 22.5 Å². The van der Waals surface area contributed by atoms with Crippen LogP contribution in [0.2, 0.25) is 0 Å². The summed E-state index contributed by atoms with van der Waals surface area (Å²) >= 11 is 1.16. The van der Waals surface area contributed by atoms with E-state index in [4.69, 9.17) is 14.6 Å². The third kappa shape index (κ3) is 2.87. The van der Waals surface area contributed by atoms with E-state index in [1.807, 2.05) is 29.7 Å². The Kier molecular flexibility index (Phi) is 4.19. The number of nitrogens with zero attached hydrogens (tertiary/aromatic N) is 3. The number of aliphatic carboxylic acids is 1. The number of thioether (sulfide) groups is 1. The third-order valence-corrected chi connectivity index (χ3v) is 4.11. The smallest absolute Gasteiger partial charge is 0.313 e. The van der Waals surface area contributed by atoms with E-state index in [0.29, 0.717) is 36.5 Å². The quantitative estimate of drug-likeness (QED) is 0.842. The first kappa shape index (κ1) is 14.7. The molecule has 0 saturated heterocycles. The van der Waals surface area contributed by atoms with Gasteiger partial charge >= 0.3 is 5.97 Å². The summed E-state index contributed by atoms with van der Waals surface area (Å²) in [6.45, 7) is 3.69. The molecule has 7 nitrogen and oxygen atoms in total. The number of hydrogen-bond acceptors (Lipinski definition) is 6. The van der Waals surface area contributed by atoms with Crippen molar-refractivity contribution in [2.24, 2.45) is 0 Å². The second kappa shape index (κ2) is 6.27. The first-order chi connectivity index (χ1) is 10.7. The molecule has 0 radical (unpaired) electrons. The second-order valence-corrected chi connectivity index (χ2v) is 5.53. The first-order valence-electron chi connectivity index (χ1n) is 6.87. The maximum atomic E-state index is 10.7. The van der Waals surface area contributed by atoms with Crippen molar-refractivity contribution in [2.45, 2.75) is 18.6 Å². The largest absolute Gasteiger partial charge is 0.486 e. The summed E-state index contributed by atoms with van der Waals surface area (Å²) in [6, 6.07) is 5.62. The lowest BCUT2D eigenvalue weighted by atomic mass is 10.2. The Bertz CT molecular complexity index is 701. The monoisotopic (exact) mass is 321 g/mol. The number of benzene rings is 1. The molecule has 1 aromatic heterocycles. The van der Waals surface area contributed by atoms with E-state index in [1.165, 1.54) is 0 Å². The fourth-order valence-corrected chi connectivity index (χ4v) is 2.93. The molecule has 0 aliphatic carbocycles. The molecule has 0 saturated carbocycles. The van der Waals surface area contributed by atoms with Gasteiger partial charge in [0.2, 0.25) is 0 Å². The topological polar surface area (TPSA) is 86.5 Å². The first-order valence-corrected chi connectivity index (χ1v) is 7.85. The van der Waals surface area contributed by atoms with Crippen LogP contribution in [0, 0.1) is 0 Å². The van der Waals surface area contributed by atoms with Crippen LogP contribution in [0.15, 0.2) is 23.4 Å². The number of carboxylic acid groups (broad SMARTS) is 1. The van der Waals surface area contributed by atoms with E-state index in [2.05, 4.69) is 10.2 Å². The van der Waals surface area contributed by atoms with Crippen LogP contribution in [0.5, 0.6) is 11.5 Å². The summed E-state index contributed by atoms with van der Waals surface area (Å²) in [7, 11) is 0. The summed E-state index contributed by atoms with van der Waals surface area (Å²) in [4.78, 5) is 10.7. The minimum absolute atomic E-state index is 0.0424. The van der Waals surface area contributed by atoms with Crippen molar-refractivity contribution in [1.29, 1.82) is 0 Å². The van der Waals surface area contributed by atoms with Gasteiger partial charge in [-0.15, -0.1) is 10.2 Å². The molecule has 0 fully saturated rings. The Morgan fingerprint density at radius 1 is 1.32 bits per heavy atom. The highest BCUT2D eigenvalue weighted by atomic mass is 32.2. The molecule has 1 aliphatic rings. The zero-order valence-corrected chi connectivity index (χ0v) is 12.8. The number of hydrogen-bond donors (Lipinski definition) is 1. The number of fused-ring (bicyclic) bond motifs is 1. The molecule has 0 bridgehead atoms. The molecule has 2 heterocycles. The molecule has 1 N–H and O–H groups in total. The van der Waals surface area contributed by atoms with Crippen molar-refractivity contribution in [3.63, 3.8) is 0 Å². The van der Waals surface area contributed by atoms with Gasteiger partial charge < -0.3 is 19.1 Å². The van der Waals surface area contributed by atoms with E-state index in [1.54, 1.807) is 0 Å². The predicted octanol–water partition coefficient (Wildman–Crippen LogP) is 1.91. The van der Waals surface area contributed by atoms with E-state index >= 15 is 0 Å². The highest BCUT2D eigenvalue weighted by Gasteiger charge is 2.17. The van der Waals surface area contributed by atoms with Gasteiger partial charge in [0, 0.05) is 12.1 Å². The highest BCUT2D eigenvalue weighted by Crippen LogP contribution is 2.34. The van der Waals surface area contributed by atoms with Gasteiger partial charge in [0.25, 0.3) is 0 Å². The predicted molar refractivity (Wildman–Crippen MR) is 80.5 cm³/mol. The van der Waals surface area contributed by atoms with Crippen molar-refractivity contribution in [1.82, 2.24) is 14.8 Å². The average molecular weight is 321 g/mol. The van der Waals surface area contributed by atoms with Gasteiger partial charge in [-0.25, -0.2) is 0 Å². The van der Waals surface area contributed by atoms with E-state index in [9.17, 15) is 4.79 Å². The van der Waals surface area contributed by atoms with Gasteiger partial charge in [0.05, 0.1) is 5.75 Å². The number of ether oxygens (including phenoxy) is 2. The Balaban J connectivity index is 1.92. The van der Waals surface area contributed by atoms with Gasteiger partial charge in [-0.1, -0.05) is 11.8 Å². The molecule has 8 heteroatoms. The molecule has 1 aromatic carbocycles. The highest BCUT2D eigenvalue weighted by molar-refractivity contribution is 7.99. The fraction of sp³-hybridized carbons (Fsp3) is 0.357. The Labute approximate surface area is 131 Å². The zero-order valence-electron chi connectivity index (χ0n) is 12.0. The number of aromatic nitrogens is 3. The van der Waals surface area contributed by atoms with Crippen molar-refractivity contribution < 1.29 is 19.4 Å². The molecule has 0 atom stereocenters. The standard InChI is InChI=1S/C14H15N3O4S/c1-2-17-13(15-16-14(17)22-8-12(18)19)9-3-4-10-11(7-9)21-6-5-20-10/h3-4,7H,2,5-6,8H2,1H3,(H,18,19). The summed E-state index contributed by atoms with van der Waals surface area (Å²) in [5.41, 5.74) is 0.862. The minimum Gasteiger partial charge on any atom is -0.486 e. The third-order valence-electron chi connectivity index (χ3n) is 3.16. The van der Waals surface area contributed by atoms with Crippen LogP contribution in [0.25, 0.3) is 11.4 Å². The van der Waals surface area contributed by atoms with E-state index in [0.717, 1.165) is 23.1 Å². The maximum absolute atomic E-state index is 10.7. The zero-order chi connectivity index (χ0) is 15.5. The van der Waals surface area contributed by atoms with Crippen LogP contribution in [-0.2, 0) is 11.3 Å². The fourth-order valence-electron chi connectivity index (χ4n) is 2.20. The van der Waals surface area contributed by atoms with Gasteiger partial charge in [0.1, 0.15) is 13.2 Å². The number of carboxylic acids is 1. The van der Waals surface area contributed by atoms with Crippen molar-refractivity contribution in [3.8, 4) is 22.9 Å². The van der Waals surface area contributed by atoms with Crippen LogP contribution >= 0.6 is 11.8 Å². The number of carbonyl (C=O) groups is 1. The van der Waals surface area contributed by atoms with Gasteiger partial charge in [-0.2, -0.15) is 0 Å². The Morgan fingerprint density at radius 2 is 2.09 bits per heavy atom. The number of rotatable bonds is 5. The molecule has 0 amide bonds. The average Bonchev–Trinajstić information content (AvgIpc) is 2.95. The molecule has 1 aliphatic heterocycles. The van der Waals surface area contributed by atoms with Crippen molar-refractivity contribution in [2.75, 3.05) is 19.0 Å². The summed E-state index contributed by atoms with van der Waals surface area (Å²) < 4.78 is 13.0. The SMILES string of the molecule is CCn1c(SCC(=O)O)nnc1-c1ccc2c(c1)OCCO2. The summed E-state index contributed by atoms with van der Waals surface area (Å²) in [6.07, 6.45) is 0. The second-order valence-electron chi connectivity index (χ2n) is 4.59. The minimum atomic E-state index is -0.878. The van der Waals surface area contributed by atoms with Crippen LogP contribution in [-0.4, -0.2) is 44.8 Å². The van der Waals surface area contributed by atoms with Crippen LogP contribution in [0.1, 0.15) is 6.92 Å². The van der Waals surface area contributed by atoms with Crippen molar-refractivity contribution in [3.05, 3.63) is 18.2 Å². The Hall–Kier alpha value is -2.22. The summed E-state index contributed by atoms with van der Waals surface area (Å²) in [5, 5.41) is 17.7. The lowest BCUT2D eigenvalue weighted by Crippen LogP contribution is -2.15. The molecule has 0 unspecified atom stereocenters. The van der Waals surface area contributed by atoms with Crippen LogP contribution < -0.4 is 9.47 Å². The van der Waals surface area contributed by atoms with Gasteiger partial charge in [-0.05, 0) is 25.1 Å². The Morgan fingerprint density at radius 3 is 2.82 bits per heavy atom. The maximum Gasteiger partial charge on any atom is 0.313 e. The molecule has 3 rings (SSSR count). The van der Waals surface area contributed by atoms with E-state index in [-0.39, 0.29) is 5.75 Å². The van der Waals surface area contributed by atoms with Crippen LogP contribution in [0.4, 0.5) is 0 Å². The van der Waals surface area contributed by atoms with Crippen LogP contribution in [0.3, 0.4) is 0 Å². The normalized spacial score (nSPS) is 13.1. The lowest BCUT2D eigenvalue weighted by molar-refractivity contribution is -0.133. The van der Waals surface area contributed by atoms with Gasteiger partial charge in [-0.3, -0.25) is 4.79 Å². The summed E-state index contributed by atoms with van der Waals surface area (Å²) in [5.74, 6) is 1.18. The lowest BCUT2D eigenvalue weighted by Gasteiger charge is -2.18. The molecular weight excluding hydrogens is 306 g/mol. The molecule has 22 heavy (non-hydrogen) atoms.